The first-order valence-corrected chi connectivity index (χ1v) is 5.59. The molecule has 0 heterocycles. The van der Waals surface area contributed by atoms with Crippen LogP contribution in [-0.4, -0.2) is 26.0 Å². The molecule has 0 aliphatic carbocycles. The summed E-state index contributed by atoms with van der Waals surface area (Å²) in [4.78, 5) is 4.61. The van der Waals surface area contributed by atoms with Gasteiger partial charge in [-0.15, -0.1) is 5.92 Å². The lowest BCUT2D eigenvalue weighted by Gasteiger charge is -1.93. The highest BCUT2D eigenvalue weighted by atomic mass is 16.6. The van der Waals surface area contributed by atoms with Crippen LogP contribution in [0.1, 0.15) is 33.1 Å². The van der Waals surface area contributed by atoms with Gasteiger partial charge in [-0.2, -0.15) is 0 Å². The van der Waals surface area contributed by atoms with E-state index >= 15 is 0 Å². The molecule has 0 unspecified atom stereocenters. The molecule has 0 atom stereocenters. The molecule has 0 saturated heterocycles. The third kappa shape index (κ3) is 10.8. The number of unbranched alkanes of at least 4 members (excludes halogenated alkanes) is 2. The molecule has 3 heteroatoms. The third-order valence-corrected chi connectivity index (χ3v) is 1.76. The van der Waals surface area contributed by atoms with Crippen LogP contribution in [0.2, 0.25) is 0 Å². The highest BCUT2D eigenvalue weighted by Crippen LogP contribution is 1.90. The van der Waals surface area contributed by atoms with Crippen molar-refractivity contribution in [2.24, 2.45) is 5.16 Å². The van der Waals surface area contributed by atoms with Crippen LogP contribution in [0, 0.1) is 11.8 Å². The van der Waals surface area contributed by atoms with E-state index in [-0.39, 0.29) is 0 Å². The van der Waals surface area contributed by atoms with E-state index in [1.807, 2.05) is 19.1 Å². The van der Waals surface area contributed by atoms with Crippen LogP contribution in [0.3, 0.4) is 0 Å². The molecular weight excluding hydrogens is 202 g/mol. The Labute approximate surface area is 98.5 Å². The molecule has 0 N–H and O–H groups in total. The summed E-state index contributed by atoms with van der Waals surface area (Å²) >= 11 is 0. The van der Waals surface area contributed by atoms with Gasteiger partial charge in [0, 0.05) is 6.42 Å². The van der Waals surface area contributed by atoms with Crippen molar-refractivity contribution >= 4 is 5.71 Å². The molecular formula is C13H21NO2. The van der Waals surface area contributed by atoms with Crippen molar-refractivity contribution in [2.75, 3.05) is 20.3 Å². The van der Waals surface area contributed by atoms with Gasteiger partial charge in [0.25, 0.3) is 0 Å². The minimum absolute atomic E-state index is 0.495. The predicted octanol–water partition coefficient (Wildman–Crippen LogP) is 2.78. The maximum atomic E-state index is 5.29. The zero-order valence-electron chi connectivity index (χ0n) is 10.5. The molecule has 0 fully saturated rings. The van der Waals surface area contributed by atoms with E-state index in [9.17, 15) is 0 Å². The normalized spacial score (nSPS) is 11.3. The van der Waals surface area contributed by atoms with Gasteiger partial charge < -0.3 is 9.57 Å². The van der Waals surface area contributed by atoms with E-state index in [2.05, 4.69) is 28.8 Å². The van der Waals surface area contributed by atoms with E-state index in [0.29, 0.717) is 13.2 Å². The Morgan fingerprint density at radius 2 is 2.19 bits per heavy atom. The van der Waals surface area contributed by atoms with Crippen LogP contribution in [0.25, 0.3) is 0 Å². The summed E-state index contributed by atoms with van der Waals surface area (Å²) in [5.41, 5.74) is 0.820. The minimum Gasteiger partial charge on any atom is -0.399 e. The summed E-state index contributed by atoms with van der Waals surface area (Å²) in [6.45, 7) is 5.07. The zero-order valence-corrected chi connectivity index (χ0v) is 10.5. The van der Waals surface area contributed by atoms with Gasteiger partial charge >= 0.3 is 0 Å². The second-order valence-corrected chi connectivity index (χ2v) is 3.29. The second kappa shape index (κ2) is 11.8. The number of oxime groups is 1. The highest BCUT2D eigenvalue weighted by molar-refractivity contribution is 5.92. The zero-order chi connectivity index (χ0) is 12.1. The Hall–Kier alpha value is -1.27. The molecule has 0 aliphatic rings. The number of ether oxygens (including phenoxy) is 1. The lowest BCUT2D eigenvalue weighted by atomic mass is 10.2. The monoisotopic (exact) mass is 223 g/mol. The minimum atomic E-state index is 0.495. The Bertz CT molecular complexity index is 271. The first kappa shape index (κ1) is 14.7. The van der Waals surface area contributed by atoms with Crippen molar-refractivity contribution in [1.82, 2.24) is 0 Å². The van der Waals surface area contributed by atoms with E-state index in [1.54, 1.807) is 0 Å². The molecule has 0 bridgehead atoms. The highest BCUT2D eigenvalue weighted by Gasteiger charge is 1.83. The van der Waals surface area contributed by atoms with E-state index in [0.717, 1.165) is 12.1 Å². The Morgan fingerprint density at radius 3 is 2.88 bits per heavy atom. The van der Waals surface area contributed by atoms with Crippen LogP contribution in [0.4, 0.5) is 0 Å². The van der Waals surface area contributed by atoms with Crippen molar-refractivity contribution in [2.45, 2.75) is 33.1 Å². The van der Waals surface area contributed by atoms with Crippen LogP contribution in [-0.2, 0) is 9.57 Å². The molecule has 0 aromatic heterocycles. The SMILES string of the molecule is CCCCC#CCOC/C=C/C(C)=N/OC. The van der Waals surface area contributed by atoms with E-state index in [1.165, 1.54) is 20.0 Å². The van der Waals surface area contributed by atoms with Gasteiger partial charge in [0.15, 0.2) is 0 Å². The average molecular weight is 223 g/mol. The summed E-state index contributed by atoms with van der Waals surface area (Å²) in [5.74, 6) is 6.04. The number of hydrogen-bond acceptors (Lipinski definition) is 3. The summed E-state index contributed by atoms with van der Waals surface area (Å²) in [7, 11) is 1.53. The standard InChI is InChI=1S/C13H21NO2/c1-4-5-6-7-8-11-16-12-9-10-13(2)14-15-3/h9-10H,4-6,11-12H2,1-3H3/b10-9+,14-13+. The molecule has 0 aromatic carbocycles. The third-order valence-electron chi connectivity index (χ3n) is 1.76. The molecule has 0 aliphatic heterocycles. The number of allylic oxidation sites excluding steroid dienone is 1. The van der Waals surface area contributed by atoms with Gasteiger partial charge in [-0.3, -0.25) is 0 Å². The van der Waals surface area contributed by atoms with Gasteiger partial charge in [0.1, 0.15) is 13.7 Å². The first-order valence-electron chi connectivity index (χ1n) is 5.59. The largest absolute Gasteiger partial charge is 0.399 e. The molecule has 90 valence electrons. The topological polar surface area (TPSA) is 30.8 Å². The molecule has 0 radical (unpaired) electrons. The number of hydrogen-bond donors (Lipinski definition) is 0. The maximum absolute atomic E-state index is 5.29. The fourth-order valence-electron chi connectivity index (χ4n) is 0.976. The Morgan fingerprint density at radius 1 is 1.38 bits per heavy atom. The van der Waals surface area contributed by atoms with E-state index in [4.69, 9.17) is 4.74 Å². The Balaban J connectivity index is 3.45. The molecule has 0 spiro atoms. The molecule has 0 aromatic rings. The summed E-state index contributed by atoms with van der Waals surface area (Å²) in [6, 6.07) is 0. The molecule has 3 nitrogen and oxygen atoms in total. The van der Waals surface area contributed by atoms with Gasteiger partial charge in [-0.1, -0.05) is 30.5 Å². The quantitative estimate of drug-likeness (QED) is 0.287. The van der Waals surface area contributed by atoms with Crippen LogP contribution in [0.5, 0.6) is 0 Å². The van der Waals surface area contributed by atoms with Gasteiger partial charge in [0.2, 0.25) is 0 Å². The first-order chi connectivity index (χ1) is 7.81. The molecule has 0 amide bonds. The second-order valence-electron chi connectivity index (χ2n) is 3.29. The Kier molecular flexibility index (Phi) is 10.9. The van der Waals surface area contributed by atoms with Crippen LogP contribution >= 0.6 is 0 Å². The van der Waals surface area contributed by atoms with Crippen molar-refractivity contribution < 1.29 is 9.57 Å². The van der Waals surface area contributed by atoms with Crippen molar-refractivity contribution in [3.8, 4) is 11.8 Å². The lowest BCUT2D eigenvalue weighted by molar-refractivity contribution is 0.199. The van der Waals surface area contributed by atoms with Crippen LogP contribution in [0.15, 0.2) is 17.3 Å². The lowest BCUT2D eigenvalue weighted by Crippen LogP contribution is -1.92. The number of nitrogens with zero attached hydrogens (tertiary/aromatic N) is 1. The van der Waals surface area contributed by atoms with Crippen LogP contribution < -0.4 is 0 Å². The molecule has 0 saturated carbocycles. The van der Waals surface area contributed by atoms with E-state index < -0.39 is 0 Å². The molecule has 16 heavy (non-hydrogen) atoms. The van der Waals surface area contributed by atoms with Gasteiger partial charge in [-0.25, -0.2) is 0 Å². The maximum Gasteiger partial charge on any atom is 0.108 e. The fourth-order valence-corrected chi connectivity index (χ4v) is 0.976. The fraction of sp³-hybridized carbons (Fsp3) is 0.615. The summed E-state index contributed by atoms with van der Waals surface area (Å²) < 4.78 is 5.29. The van der Waals surface area contributed by atoms with Crippen molar-refractivity contribution in [3.63, 3.8) is 0 Å². The average Bonchev–Trinajstić information content (AvgIpc) is 2.27. The van der Waals surface area contributed by atoms with Crippen molar-refractivity contribution in [1.29, 1.82) is 0 Å². The number of rotatable bonds is 7. The summed E-state index contributed by atoms with van der Waals surface area (Å²) in [6.07, 6.45) is 7.07. The predicted molar refractivity (Wildman–Crippen MR) is 67.4 cm³/mol. The van der Waals surface area contributed by atoms with Gasteiger partial charge in [0.05, 0.1) is 12.3 Å². The molecule has 0 rings (SSSR count). The summed E-state index contributed by atoms with van der Waals surface area (Å²) in [5, 5.41) is 3.74. The van der Waals surface area contributed by atoms with Crippen molar-refractivity contribution in [3.05, 3.63) is 12.2 Å². The van der Waals surface area contributed by atoms with Gasteiger partial charge in [-0.05, 0) is 19.4 Å². The smallest absolute Gasteiger partial charge is 0.108 e.